The van der Waals surface area contributed by atoms with Crippen molar-refractivity contribution in [3.8, 4) is 0 Å². The van der Waals surface area contributed by atoms with Crippen LogP contribution in [0.4, 0.5) is 22.7 Å². The van der Waals surface area contributed by atoms with Crippen molar-refractivity contribution >= 4 is 34.7 Å². The van der Waals surface area contributed by atoms with Crippen LogP contribution in [0.5, 0.6) is 0 Å². The molecule has 0 saturated carbocycles. The van der Waals surface area contributed by atoms with Gasteiger partial charge >= 0.3 is 0 Å². The van der Waals surface area contributed by atoms with Crippen molar-refractivity contribution in [2.75, 3.05) is 67.7 Å². The van der Waals surface area contributed by atoms with Crippen molar-refractivity contribution in [3.63, 3.8) is 0 Å². The Balaban J connectivity index is 1.52. The number of ether oxygens (including phenoxy) is 2. The summed E-state index contributed by atoms with van der Waals surface area (Å²) in [7, 11) is 0. The number of carbonyl (C=O) groups is 1. The number of anilines is 3. The SMILES string of the molecule is O=C(C=Cc1cccc([N+](=O)[O-])c1)Nc1ccc(N2CCOCC2)cc1N1CCOCC1. The number of benzene rings is 2. The first-order valence-electron chi connectivity index (χ1n) is 10.6. The predicted octanol–water partition coefficient (Wildman–Crippen LogP) is 2.92. The fourth-order valence-corrected chi connectivity index (χ4v) is 3.80. The van der Waals surface area contributed by atoms with Gasteiger partial charge in [0.2, 0.25) is 5.91 Å². The molecule has 2 saturated heterocycles. The Hall–Kier alpha value is -3.43. The van der Waals surface area contributed by atoms with Gasteiger partial charge in [-0.15, -0.1) is 0 Å². The Morgan fingerprint density at radius 2 is 1.66 bits per heavy atom. The monoisotopic (exact) mass is 438 g/mol. The lowest BCUT2D eigenvalue weighted by atomic mass is 10.1. The van der Waals surface area contributed by atoms with E-state index >= 15 is 0 Å². The smallest absolute Gasteiger partial charge is 0.270 e. The molecular weight excluding hydrogens is 412 g/mol. The van der Waals surface area contributed by atoms with E-state index in [4.69, 9.17) is 9.47 Å². The number of hydrogen-bond donors (Lipinski definition) is 1. The van der Waals surface area contributed by atoms with Gasteiger partial charge in [-0.1, -0.05) is 12.1 Å². The maximum Gasteiger partial charge on any atom is 0.270 e. The number of amides is 1. The molecule has 0 bridgehead atoms. The molecule has 9 heteroatoms. The molecule has 0 radical (unpaired) electrons. The summed E-state index contributed by atoms with van der Waals surface area (Å²) in [6.07, 6.45) is 2.96. The van der Waals surface area contributed by atoms with Crippen molar-refractivity contribution in [1.82, 2.24) is 0 Å². The fraction of sp³-hybridized carbons (Fsp3) is 0.348. The highest BCUT2D eigenvalue weighted by Crippen LogP contribution is 2.32. The minimum absolute atomic E-state index is 0.0131. The molecule has 0 aromatic heterocycles. The van der Waals surface area contributed by atoms with Gasteiger partial charge in [0.25, 0.3) is 5.69 Å². The maximum absolute atomic E-state index is 12.6. The number of hydrogen-bond acceptors (Lipinski definition) is 7. The summed E-state index contributed by atoms with van der Waals surface area (Å²) < 4.78 is 10.9. The van der Waals surface area contributed by atoms with E-state index in [-0.39, 0.29) is 11.6 Å². The quantitative estimate of drug-likeness (QED) is 0.421. The van der Waals surface area contributed by atoms with Crippen molar-refractivity contribution in [3.05, 3.63) is 64.2 Å². The van der Waals surface area contributed by atoms with Crippen LogP contribution in [-0.2, 0) is 14.3 Å². The van der Waals surface area contributed by atoms with Gasteiger partial charge in [0.15, 0.2) is 0 Å². The Morgan fingerprint density at radius 3 is 2.34 bits per heavy atom. The van der Waals surface area contributed by atoms with E-state index in [1.807, 2.05) is 12.1 Å². The second-order valence-corrected chi connectivity index (χ2v) is 7.57. The standard InChI is InChI=1S/C23H26N4O5/c28-23(7-4-18-2-1-3-20(16-18)27(29)30)24-21-6-5-19(25-8-12-31-13-9-25)17-22(21)26-10-14-32-15-11-26/h1-7,16-17H,8-15H2,(H,24,28). The normalized spacial score (nSPS) is 16.9. The van der Waals surface area contributed by atoms with E-state index < -0.39 is 4.92 Å². The molecular formula is C23H26N4O5. The number of rotatable bonds is 6. The summed E-state index contributed by atoms with van der Waals surface area (Å²) >= 11 is 0. The van der Waals surface area contributed by atoms with Crippen LogP contribution >= 0.6 is 0 Å². The van der Waals surface area contributed by atoms with Crippen LogP contribution in [0.2, 0.25) is 0 Å². The van der Waals surface area contributed by atoms with Crippen LogP contribution in [0.25, 0.3) is 6.08 Å². The zero-order valence-corrected chi connectivity index (χ0v) is 17.7. The fourth-order valence-electron chi connectivity index (χ4n) is 3.80. The first-order valence-corrected chi connectivity index (χ1v) is 10.6. The Morgan fingerprint density at radius 1 is 0.969 bits per heavy atom. The average Bonchev–Trinajstić information content (AvgIpc) is 2.84. The number of carbonyl (C=O) groups excluding carboxylic acids is 1. The average molecular weight is 438 g/mol. The lowest BCUT2D eigenvalue weighted by Crippen LogP contribution is -2.38. The molecule has 2 aromatic rings. The summed E-state index contributed by atoms with van der Waals surface area (Å²) in [6.45, 7) is 5.85. The topological polar surface area (TPSA) is 97.2 Å². The van der Waals surface area contributed by atoms with E-state index in [0.29, 0.717) is 32.0 Å². The summed E-state index contributed by atoms with van der Waals surface area (Å²) in [5.74, 6) is -0.301. The van der Waals surface area contributed by atoms with Gasteiger partial charge in [-0.2, -0.15) is 0 Å². The van der Waals surface area contributed by atoms with Crippen molar-refractivity contribution < 1.29 is 19.2 Å². The van der Waals surface area contributed by atoms with Gasteiger partial charge < -0.3 is 24.6 Å². The molecule has 2 aromatic carbocycles. The van der Waals surface area contributed by atoms with E-state index in [9.17, 15) is 14.9 Å². The number of nitro benzene ring substituents is 1. The predicted molar refractivity (Wildman–Crippen MR) is 123 cm³/mol. The van der Waals surface area contributed by atoms with E-state index in [0.717, 1.165) is 43.2 Å². The molecule has 2 aliphatic heterocycles. The van der Waals surface area contributed by atoms with Crippen LogP contribution in [0.1, 0.15) is 5.56 Å². The molecule has 4 rings (SSSR count). The van der Waals surface area contributed by atoms with E-state index in [2.05, 4.69) is 21.2 Å². The van der Waals surface area contributed by atoms with Gasteiger partial charge in [-0.05, 0) is 29.8 Å². The van der Waals surface area contributed by atoms with Crippen molar-refractivity contribution in [2.24, 2.45) is 0 Å². The summed E-state index contributed by atoms with van der Waals surface area (Å²) in [5.41, 5.74) is 3.35. The third kappa shape index (κ3) is 5.43. The molecule has 32 heavy (non-hydrogen) atoms. The van der Waals surface area contributed by atoms with E-state index in [1.165, 1.54) is 18.2 Å². The minimum Gasteiger partial charge on any atom is -0.378 e. The maximum atomic E-state index is 12.6. The first-order chi connectivity index (χ1) is 15.6. The molecule has 0 spiro atoms. The highest BCUT2D eigenvalue weighted by atomic mass is 16.6. The molecule has 2 fully saturated rings. The lowest BCUT2D eigenvalue weighted by molar-refractivity contribution is -0.384. The molecule has 1 N–H and O–H groups in total. The minimum atomic E-state index is -0.456. The molecule has 2 aliphatic rings. The number of nitrogens with one attached hydrogen (secondary N) is 1. The van der Waals surface area contributed by atoms with Gasteiger partial charge in [0, 0.05) is 50.1 Å². The Labute approximate surface area is 186 Å². The summed E-state index contributed by atoms with van der Waals surface area (Å²) in [5, 5.41) is 13.9. The van der Waals surface area contributed by atoms with Crippen molar-refractivity contribution in [2.45, 2.75) is 0 Å². The molecule has 0 atom stereocenters. The number of non-ortho nitro benzene ring substituents is 1. The van der Waals surface area contributed by atoms with Crippen molar-refractivity contribution in [1.29, 1.82) is 0 Å². The highest BCUT2D eigenvalue weighted by Gasteiger charge is 2.19. The molecule has 9 nitrogen and oxygen atoms in total. The number of nitro groups is 1. The number of nitrogens with zero attached hydrogens (tertiary/aromatic N) is 3. The zero-order valence-electron chi connectivity index (χ0n) is 17.7. The third-order valence-electron chi connectivity index (χ3n) is 5.48. The second-order valence-electron chi connectivity index (χ2n) is 7.57. The molecule has 0 aliphatic carbocycles. The Bertz CT molecular complexity index is 998. The first kappa shape index (κ1) is 21.8. The molecule has 2 heterocycles. The summed E-state index contributed by atoms with van der Waals surface area (Å²) in [4.78, 5) is 27.6. The van der Waals surface area contributed by atoms with Gasteiger partial charge in [-0.25, -0.2) is 0 Å². The van der Waals surface area contributed by atoms with Crippen LogP contribution in [-0.4, -0.2) is 63.4 Å². The highest BCUT2D eigenvalue weighted by molar-refractivity contribution is 6.04. The second kappa shape index (κ2) is 10.3. The van der Waals surface area contributed by atoms with Gasteiger partial charge in [0.05, 0.1) is 42.7 Å². The van der Waals surface area contributed by atoms with Crippen LogP contribution in [0.3, 0.4) is 0 Å². The van der Waals surface area contributed by atoms with Gasteiger partial charge in [0.1, 0.15) is 0 Å². The third-order valence-corrected chi connectivity index (χ3v) is 5.48. The molecule has 0 unspecified atom stereocenters. The molecule has 1 amide bonds. The van der Waals surface area contributed by atoms with Crippen LogP contribution < -0.4 is 15.1 Å². The largest absolute Gasteiger partial charge is 0.378 e. The molecule has 168 valence electrons. The Kier molecular flexibility index (Phi) is 6.98. The van der Waals surface area contributed by atoms with Gasteiger partial charge in [-0.3, -0.25) is 14.9 Å². The van der Waals surface area contributed by atoms with Crippen LogP contribution in [0.15, 0.2) is 48.5 Å². The van der Waals surface area contributed by atoms with Crippen LogP contribution in [0, 0.1) is 10.1 Å². The zero-order chi connectivity index (χ0) is 22.3. The number of morpholine rings is 2. The summed E-state index contributed by atoms with van der Waals surface area (Å²) in [6, 6.07) is 12.2. The lowest BCUT2D eigenvalue weighted by Gasteiger charge is -2.33. The van der Waals surface area contributed by atoms with E-state index in [1.54, 1.807) is 18.2 Å².